The van der Waals surface area contributed by atoms with Crippen LogP contribution in [0.15, 0.2) is 18.2 Å². The molecule has 0 spiro atoms. The Morgan fingerprint density at radius 2 is 2.00 bits per heavy atom. The molecule has 0 saturated carbocycles. The molecule has 7 heteroatoms. The fourth-order valence-corrected chi connectivity index (χ4v) is 1.75. The van der Waals surface area contributed by atoms with Crippen LogP contribution in [0.3, 0.4) is 0 Å². The number of hydrogen-bond acceptors (Lipinski definition) is 5. The van der Waals surface area contributed by atoms with Gasteiger partial charge in [0.2, 0.25) is 5.91 Å². The van der Waals surface area contributed by atoms with Crippen molar-refractivity contribution in [2.75, 3.05) is 19.0 Å². The van der Waals surface area contributed by atoms with Gasteiger partial charge in [-0.15, -0.1) is 0 Å². The summed E-state index contributed by atoms with van der Waals surface area (Å²) in [7, 11) is 1.48. The number of rotatable bonds is 8. The van der Waals surface area contributed by atoms with Crippen LogP contribution in [0.5, 0.6) is 11.5 Å². The molecule has 0 heterocycles. The van der Waals surface area contributed by atoms with Gasteiger partial charge < -0.3 is 26.3 Å². The summed E-state index contributed by atoms with van der Waals surface area (Å²) in [6, 6.07) is 4.25. The maximum absolute atomic E-state index is 12.1. The summed E-state index contributed by atoms with van der Waals surface area (Å²) in [5.41, 5.74) is 11.4. The van der Waals surface area contributed by atoms with E-state index in [9.17, 15) is 9.59 Å². The van der Waals surface area contributed by atoms with E-state index in [-0.39, 0.29) is 18.4 Å². The molecule has 0 bridgehead atoms. The highest BCUT2D eigenvalue weighted by Crippen LogP contribution is 2.30. The van der Waals surface area contributed by atoms with Crippen LogP contribution in [0.4, 0.5) is 5.69 Å². The van der Waals surface area contributed by atoms with E-state index in [0.717, 1.165) is 6.42 Å². The number of methoxy groups -OCH3 is 1. The van der Waals surface area contributed by atoms with Gasteiger partial charge in [-0.3, -0.25) is 9.59 Å². The third kappa shape index (κ3) is 4.92. The summed E-state index contributed by atoms with van der Waals surface area (Å²) < 4.78 is 10.4. The van der Waals surface area contributed by atoms with E-state index in [4.69, 9.17) is 20.9 Å². The third-order valence-electron chi connectivity index (χ3n) is 3.36. The summed E-state index contributed by atoms with van der Waals surface area (Å²) in [4.78, 5) is 22.9. The quantitative estimate of drug-likeness (QED) is 0.659. The average molecular weight is 309 g/mol. The molecule has 22 heavy (non-hydrogen) atoms. The second-order valence-corrected chi connectivity index (χ2v) is 5.02. The van der Waals surface area contributed by atoms with E-state index in [1.807, 2.05) is 13.8 Å². The van der Waals surface area contributed by atoms with Gasteiger partial charge in [-0.1, -0.05) is 20.3 Å². The highest BCUT2D eigenvalue weighted by atomic mass is 16.5. The van der Waals surface area contributed by atoms with Gasteiger partial charge in [0.1, 0.15) is 0 Å². The monoisotopic (exact) mass is 309 g/mol. The van der Waals surface area contributed by atoms with Crippen LogP contribution in [0, 0.1) is 5.92 Å². The molecule has 0 fully saturated rings. The fourth-order valence-electron chi connectivity index (χ4n) is 1.75. The summed E-state index contributed by atoms with van der Waals surface area (Å²) in [5.74, 6) is -0.0545. The van der Waals surface area contributed by atoms with Crippen LogP contribution >= 0.6 is 0 Å². The zero-order valence-electron chi connectivity index (χ0n) is 13.1. The van der Waals surface area contributed by atoms with Gasteiger partial charge >= 0.3 is 0 Å². The Bertz CT molecular complexity index is 534. The van der Waals surface area contributed by atoms with Gasteiger partial charge in [0.15, 0.2) is 18.1 Å². The van der Waals surface area contributed by atoms with Crippen LogP contribution in [0.1, 0.15) is 20.3 Å². The molecule has 2 atom stereocenters. The molecule has 0 radical (unpaired) electrons. The van der Waals surface area contributed by atoms with Crippen LogP contribution in [-0.4, -0.2) is 31.6 Å². The highest BCUT2D eigenvalue weighted by Gasteiger charge is 2.20. The van der Waals surface area contributed by atoms with Gasteiger partial charge in [0.05, 0.1) is 13.2 Å². The van der Waals surface area contributed by atoms with Crippen molar-refractivity contribution in [3.05, 3.63) is 18.2 Å². The van der Waals surface area contributed by atoms with E-state index in [0.29, 0.717) is 17.2 Å². The second-order valence-electron chi connectivity index (χ2n) is 5.02. The number of amides is 2. The first-order valence-corrected chi connectivity index (χ1v) is 7.04. The Balaban J connectivity index is 2.85. The number of ether oxygens (including phenoxy) is 2. The zero-order valence-corrected chi connectivity index (χ0v) is 13.1. The van der Waals surface area contributed by atoms with E-state index in [1.54, 1.807) is 18.2 Å². The van der Waals surface area contributed by atoms with Crippen molar-refractivity contribution in [2.45, 2.75) is 26.3 Å². The number of benzene rings is 1. The van der Waals surface area contributed by atoms with Crippen molar-refractivity contribution >= 4 is 17.5 Å². The molecule has 2 unspecified atom stereocenters. The van der Waals surface area contributed by atoms with E-state index in [2.05, 4.69) is 5.32 Å². The summed E-state index contributed by atoms with van der Waals surface area (Å²) in [6.07, 6.45) is 0.810. The van der Waals surface area contributed by atoms with E-state index in [1.165, 1.54) is 7.11 Å². The molecule has 122 valence electrons. The molecule has 5 N–H and O–H groups in total. The predicted molar refractivity (Wildman–Crippen MR) is 83.7 cm³/mol. The van der Waals surface area contributed by atoms with Gasteiger partial charge in [0, 0.05) is 11.8 Å². The van der Waals surface area contributed by atoms with Crippen molar-refractivity contribution in [1.82, 2.24) is 0 Å². The molecule has 0 aromatic heterocycles. The van der Waals surface area contributed by atoms with Crippen molar-refractivity contribution < 1.29 is 19.1 Å². The lowest BCUT2D eigenvalue weighted by Gasteiger charge is -2.18. The lowest BCUT2D eigenvalue weighted by atomic mass is 9.99. The summed E-state index contributed by atoms with van der Waals surface area (Å²) >= 11 is 0. The topological polar surface area (TPSA) is 117 Å². The summed E-state index contributed by atoms with van der Waals surface area (Å²) in [6.45, 7) is 3.61. The lowest BCUT2D eigenvalue weighted by Crippen LogP contribution is -2.40. The van der Waals surface area contributed by atoms with Crippen molar-refractivity contribution in [1.29, 1.82) is 0 Å². The molecule has 7 nitrogen and oxygen atoms in total. The Morgan fingerprint density at radius 3 is 2.55 bits per heavy atom. The molecule has 1 aromatic carbocycles. The average Bonchev–Trinajstić information content (AvgIpc) is 2.51. The fraction of sp³-hybridized carbons (Fsp3) is 0.467. The van der Waals surface area contributed by atoms with Crippen molar-refractivity contribution in [3.63, 3.8) is 0 Å². The molecular formula is C15H23N3O4. The Kier molecular flexibility index (Phi) is 6.65. The first-order valence-electron chi connectivity index (χ1n) is 7.04. The molecule has 0 aliphatic rings. The van der Waals surface area contributed by atoms with Gasteiger partial charge in [-0.2, -0.15) is 0 Å². The molecule has 2 amide bonds. The molecule has 1 rings (SSSR count). The number of carbonyl (C=O) groups is 2. The minimum Gasteiger partial charge on any atom is -0.493 e. The number of carbonyl (C=O) groups excluding carboxylic acids is 2. The lowest BCUT2D eigenvalue weighted by molar-refractivity contribution is -0.120. The minimum absolute atomic E-state index is 0.0730. The van der Waals surface area contributed by atoms with Gasteiger partial charge in [-0.25, -0.2) is 0 Å². The van der Waals surface area contributed by atoms with Crippen molar-refractivity contribution in [3.8, 4) is 11.5 Å². The summed E-state index contributed by atoms with van der Waals surface area (Å²) in [5, 5.41) is 2.72. The number of nitrogens with one attached hydrogen (secondary N) is 1. The molecule has 0 aliphatic carbocycles. The number of nitrogens with two attached hydrogens (primary N) is 2. The van der Waals surface area contributed by atoms with Gasteiger partial charge in [0.25, 0.3) is 5.91 Å². The minimum atomic E-state index is -0.602. The predicted octanol–water partition coefficient (Wildman–Crippen LogP) is 0.871. The zero-order chi connectivity index (χ0) is 16.7. The molecule has 0 saturated heterocycles. The number of primary amides is 1. The van der Waals surface area contributed by atoms with Gasteiger partial charge in [-0.05, 0) is 18.1 Å². The maximum atomic E-state index is 12.1. The van der Waals surface area contributed by atoms with Crippen molar-refractivity contribution in [2.24, 2.45) is 17.4 Å². The first-order chi connectivity index (χ1) is 10.4. The maximum Gasteiger partial charge on any atom is 0.255 e. The molecular weight excluding hydrogens is 286 g/mol. The van der Waals surface area contributed by atoms with Crippen LogP contribution in [-0.2, 0) is 9.59 Å². The van der Waals surface area contributed by atoms with Crippen LogP contribution < -0.4 is 26.3 Å². The molecule has 0 aliphatic heterocycles. The number of hydrogen-bond donors (Lipinski definition) is 3. The first kappa shape index (κ1) is 17.8. The Labute approximate surface area is 129 Å². The largest absolute Gasteiger partial charge is 0.493 e. The van der Waals surface area contributed by atoms with E-state index >= 15 is 0 Å². The third-order valence-corrected chi connectivity index (χ3v) is 3.36. The second kappa shape index (κ2) is 8.23. The standard InChI is InChI=1S/C15H23N3O4/c1-4-9(2)14(17)15(20)18-10-5-6-11(21-3)12(7-10)22-8-13(16)19/h5-7,9,14H,4,8,17H2,1-3H3,(H2,16,19)(H,18,20). The Morgan fingerprint density at radius 1 is 1.32 bits per heavy atom. The smallest absolute Gasteiger partial charge is 0.255 e. The highest BCUT2D eigenvalue weighted by molar-refractivity contribution is 5.95. The van der Waals surface area contributed by atoms with E-state index < -0.39 is 11.9 Å². The van der Waals surface area contributed by atoms with Crippen LogP contribution in [0.25, 0.3) is 0 Å². The SMILES string of the molecule is CCC(C)C(N)C(=O)Nc1ccc(OC)c(OCC(N)=O)c1. The molecule has 1 aromatic rings. The number of anilines is 1. The Hall–Kier alpha value is -2.28. The van der Waals surface area contributed by atoms with Crippen LogP contribution in [0.2, 0.25) is 0 Å². The normalized spacial score (nSPS) is 13.1.